The summed E-state index contributed by atoms with van der Waals surface area (Å²) in [5.74, 6) is 1.43. The fourth-order valence-electron chi connectivity index (χ4n) is 4.04. The van der Waals surface area contributed by atoms with Gasteiger partial charge in [-0.2, -0.15) is 5.26 Å². The van der Waals surface area contributed by atoms with Crippen LogP contribution in [0.2, 0.25) is 0 Å². The number of piperidine rings is 1. The molecule has 3 heteroatoms. The molecule has 0 N–H and O–H groups in total. The highest BCUT2D eigenvalue weighted by molar-refractivity contribution is 5.87. The van der Waals surface area contributed by atoms with Crippen LogP contribution in [-0.2, 0) is 6.54 Å². The van der Waals surface area contributed by atoms with E-state index < -0.39 is 0 Å². The van der Waals surface area contributed by atoms with E-state index in [0.29, 0.717) is 11.5 Å². The highest BCUT2D eigenvalue weighted by Gasteiger charge is 2.23. The number of fused-ring (bicyclic) bond motifs is 1. The largest absolute Gasteiger partial charge is 0.460 e. The number of furan rings is 1. The maximum Gasteiger partial charge on any atom is 0.152 e. The van der Waals surface area contributed by atoms with Crippen LogP contribution in [-0.4, -0.2) is 18.0 Å². The van der Waals surface area contributed by atoms with Crippen molar-refractivity contribution in [3.63, 3.8) is 0 Å². The lowest BCUT2D eigenvalue weighted by molar-refractivity contribution is 0.204. The Bertz CT molecular complexity index is 957. The average Bonchev–Trinajstić information content (AvgIpc) is 2.97. The summed E-state index contributed by atoms with van der Waals surface area (Å²) in [6.07, 6.45) is 2.28. The number of benzene rings is 2. The van der Waals surface area contributed by atoms with Gasteiger partial charge in [-0.15, -0.1) is 0 Å². The minimum absolute atomic E-state index is 0.521. The monoisotopic (exact) mass is 344 g/mol. The van der Waals surface area contributed by atoms with Crippen LogP contribution in [0.1, 0.15) is 46.8 Å². The van der Waals surface area contributed by atoms with E-state index in [0.717, 1.165) is 54.8 Å². The predicted octanol–water partition coefficient (Wildman–Crippen LogP) is 5.30. The van der Waals surface area contributed by atoms with Gasteiger partial charge in [0, 0.05) is 11.9 Å². The first-order valence-electron chi connectivity index (χ1n) is 9.35. The normalized spacial score (nSPS) is 16.0. The molecule has 26 heavy (non-hydrogen) atoms. The quantitative estimate of drug-likeness (QED) is 0.647. The van der Waals surface area contributed by atoms with Gasteiger partial charge < -0.3 is 4.42 Å². The minimum Gasteiger partial charge on any atom is -0.460 e. The second-order valence-electron chi connectivity index (χ2n) is 7.38. The van der Waals surface area contributed by atoms with Crippen LogP contribution in [0.3, 0.4) is 0 Å². The zero-order valence-corrected chi connectivity index (χ0v) is 15.5. The summed E-state index contributed by atoms with van der Waals surface area (Å²) >= 11 is 0. The molecule has 1 aliphatic heterocycles. The van der Waals surface area contributed by atoms with E-state index in [1.54, 1.807) is 0 Å². The van der Waals surface area contributed by atoms with Gasteiger partial charge in [0.1, 0.15) is 11.8 Å². The molecule has 0 aliphatic carbocycles. The van der Waals surface area contributed by atoms with Crippen molar-refractivity contribution in [2.75, 3.05) is 13.1 Å². The van der Waals surface area contributed by atoms with E-state index >= 15 is 0 Å². The molecule has 0 spiro atoms. The van der Waals surface area contributed by atoms with Crippen LogP contribution in [0.25, 0.3) is 11.0 Å². The van der Waals surface area contributed by atoms with Crippen LogP contribution < -0.4 is 0 Å². The number of likely N-dealkylation sites (tertiary alicyclic amines) is 1. The molecule has 3 aromatic rings. The van der Waals surface area contributed by atoms with E-state index in [4.69, 9.17) is 4.42 Å². The molecule has 0 saturated carbocycles. The predicted molar refractivity (Wildman–Crippen MR) is 104 cm³/mol. The van der Waals surface area contributed by atoms with Gasteiger partial charge in [-0.25, -0.2) is 0 Å². The summed E-state index contributed by atoms with van der Waals surface area (Å²) in [7, 11) is 0. The third-order valence-corrected chi connectivity index (χ3v) is 5.73. The third kappa shape index (κ3) is 3.13. The van der Waals surface area contributed by atoms with E-state index in [1.165, 1.54) is 11.1 Å². The van der Waals surface area contributed by atoms with E-state index in [-0.39, 0.29) is 0 Å². The van der Waals surface area contributed by atoms with Crippen LogP contribution in [0.5, 0.6) is 0 Å². The number of hydrogen-bond acceptors (Lipinski definition) is 3. The van der Waals surface area contributed by atoms with Crippen molar-refractivity contribution in [2.45, 2.75) is 39.2 Å². The van der Waals surface area contributed by atoms with Crippen molar-refractivity contribution in [1.82, 2.24) is 4.90 Å². The highest BCUT2D eigenvalue weighted by atomic mass is 16.3. The van der Waals surface area contributed by atoms with Crippen molar-refractivity contribution in [1.29, 1.82) is 5.26 Å². The smallest absolute Gasteiger partial charge is 0.152 e. The van der Waals surface area contributed by atoms with Crippen molar-refractivity contribution < 1.29 is 4.42 Å². The third-order valence-electron chi connectivity index (χ3n) is 5.73. The lowest BCUT2D eigenvalue weighted by Gasteiger charge is -2.32. The highest BCUT2D eigenvalue weighted by Crippen LogP contribution is 2.35. The maximum atomic E-state index is 9.55. The molecule has 132 valence electrons. The summed E-state index contributed by atoms with van der Waals surface area (Å²) in [5, 5.41) is 10.6. The Hall–Kier alpha value is -2.57. The van der Waals surface area contributed by atoms with Crippen molar-refractivity contribution >= 4 is 11.0 Å². The summed E-state index contributed by atoms with van der Waals surface area (Å²) in [6.45, 7) is 7.27. The number of rotatable bonds is 3. The van der Waals surface area contributed by atoms with Gasteiger partial charge in [-0.3, -0.25) is 4.90 Å². The molecule has 0 bridgehead atoms. The van der Waals surface area contributed by atoms with Crippen LogP contribution in [0, 0.1) is 25.2 Å². The molecule has 0 unspecified atom stereocenters. The Morgan fingerprint density at radius 2 is 1.85 bits per heavy atom. The number of nitrogens with zero attached hydrogens (tertiary/aromatic N) is 2. The first kappa shape index (κ1) is 16.9. The van der Waals surface area contributed by atoms with Gasteiger partial charge in [-0.1, -0.05) is 30.3 Å². The van der Waals surface area contributed by atoms with Crippen molar-refractivity contribution in [3.05, 3.63) is 70.5 Å². The SMILES string of the molecule is Cc1oc2c(C#N)cc(C3CCN(Cc4ccccc4)CC3)cc2c1C. The Morgan fingerprint density at radius 3 is 2.54 bits per heavy atom. The summed E-state index contributed by atoms with van der Waals surface area (Å²) in [6, 6.07) is 17.3. The van der Waals surface area contributed by atoms with Crippen LogP contribution >= 0.6 is 0 Å². The molecule has 3 nitrogen and oxygen atoms in total. The first-order valence-corrected chi connectivity index (χ1v) is 9.35. The Labute approximate surface area is 154 Å². The molecule has 1 saturated heterocycles. The number of aryl methyl sites for hydroxylation is 2. The van der Waals surface area contributed by atoms with E-state index in [9.17, 15) is 5.26 Å². The van der Waals surface area contributed by atoms with Crippen molar-refractivity contribution in [2.24, 2.45) is 0 Å². The number of nitriles is 1. The minimum atomic E-state index is 0.521. The molecule has 0 radical (unpaired) electrons. The van der Waals surface area contributed by atoms with Gasteiger partial charge in [-0.05, 0) is 74.5 Å². The molecule has 2 aromatic carbocycles. The Morgan fingerprint density at radius 1 is 1.12 bits per heavy atom. The fourth-order valence-corrected chi connectivity index (χ4v) is 4.04. The topological polar surface area (TPSA) is 40.2 Å². The van der Waals surface area contributed by atoms with E-state index in [2.05, 4.69) is 54.3 Å². The molecular weight excluding hydrogens is 320 g/mol. The van der Waals surface area contributed by atoms with Crippen molar-refractivity contribution in [3.8, 4) is 6.07 Å². The lowest BCUT2D eigenvalue weighted by Crippen LogP contribution is -2.32. The zero-order chi connectivity index (χ0) is 18.1. The standard InChI is InChI=1S/C23H24N2O/c1-16-17(2)26-23-21(14-24)12-20(13-22(16)23)19-8-10-25(11-9-19)15-18-6-4-3-5-7-18/h3-7,12-13,19H,8-11,15H2,1-2H3. The second-order valence-corrected chi connectivity index (χ2v) is 7.38. The maximum absolute atomic E-state index is 9.55. The van der Waals surface area contributed by atoms with Gasteiger partial charge in [0.2, 0.25) is 0 Å². The van der Waals surface area contributed by atoms with Gasteiger partial charge in [0.25, 0.3) is 0 Å². The summed E-state index contributed by atoms with van der Waals surface area (Å²) in [4.78, 5) is 2.53. The molecule has 0 amide bonds. The van der Waals surface area contributed by atoms with E-state index in [1.807, 2.05) is 13.0 Å². The van der Waals surface area contributed by atoms with Crippen LogP contribution in [0.4, 0.5) is 0 Å². The molecule has 1 aliphatic rings. The van der Waals surface area contributed by atoms with Gasteiger partial charge in [0.05, 0.1) is 5.56 Å². The first-order chi connectivity index (χ1) is 12.7. The summed E-state index contributed by atoms with van der Waals surface area (Å²) in [5.41, 5.74) is 5.23. The molecule has 1 fully saturated rings. The molecule has 2 heterocycles. The molecule has 0 atom stereocenters. The average molecular weight is 344 g/mol. The Kier molecular flexibility index (Phi) is 4.53. The number of hydrogen-bond donors (Lipinski definition) is 0. The summed E-state index contributed by atoms with van der Waals surface area (Å²) < 4.78 is 5.82. The Balaban J connectivity index is 1.52. The lowest BCUT2D eigenvalue weighted by atomic mass is 9.87. The van der Waals surface area contributed by atoms with Crippen LogP contribution in [0.15, 0.2) is 46.9 Å². The second kappa shape index (κ2) is 6.97. The van der Waals surface area contributed by atoms with Gasteiger partial charge >= 0.3 is 0 Å². The molecule has 4 rings (SSSR count). The van der Waals surface area contributed by atoms with Gasteiger partial charge in [0.15, 0.2) is 5.58 Å². The fraction of sp³-hybridized carbons (Fsp3) is 0.348. The molecule has 1 aromatic heterocycles. The molecular formula is C23H24N2O. The zero-order valence-electron chi connectivity index (χ0n) is 15.5.